The lowest BCUT2D eigenvalue weighted by molar-refractivity contribution is 0.0397. The maximum atomic E-state index is 13.0. The third-order valence-corrected chi connectivity index (χ3v) is 4.45. The number of aromatic nitrogens is 2. The second-order valence-electron chi connectivity index (χ2n) is 5.13. The fourth-order valence-corrected chi connectivity index (χ4v) is 3.08. The van der Waals surface area contributed by atoms with Crippen molar-refractivity contribution < 1.29 is 9.13 Å². The Balaban J connectivity index is 1.86. The van der Waals surface area contributed by atoms with Gasteiger partial charge >= 0.3 is 0 Å². The number of anilines is 1. The summed E-state index contributed by atoms with van der Waals surface area (Å²) in [5, 5.41) is 4.07. The molecule has 5 nitrogen and oxygen atoms in total. The smallest absolute Gasteiger partial charge is 0.282 e. The molecular formula is C15H15BrFN3O2. The summed E-state index contributed by atoms with van der Waals surface area (Å²) in [4.78, 5) is 14.0. The van der Waals surface area contributed by atoms with Gasteiger partial charge in [-0.05, 0) is 33.6 Å². The zero-order valence-electron chi connectivity index (χ0n) is 12.0. The van der Waals surface area contributed by atoms with Crippen molar-refractivity contribution in [2.24, 2.45) is 7.05 Å². The Bertz CT molecular complexity index is 733. The van der Waals surface area contributed by atoms with E-state index in [0.717, 1.165) is 11.3 Å². The van der Waals surface area contributed by atoms with E-state index in [0.29, 0.717) is 24.2 Å². The van der Waals surface area contributed by atoms with Gasteiger partial charge in [-0.15, -0.1) is 0 Å². The van der Waals surface area contributed by atoms with E-state index in [-0.39, 0.29) is 17.5 Å². The van der Waals surface area contributed by atoms with E-state index in [2.05, 4.69) is 25.9 Å². The minimum absolute atomic E-state index is 0.162. The van der Waals surface area contributed by atoms with Crippen LogP contribution in [0.25, 0.3) is 0 Å². The largest absolute Gasteiger partial charge is 0.370 e. The van der Waals surface area contributed by atoms with Crippen LogP contribution in [0.1, 0.15) is 11.7 Å². The molecule has 22 heavy (non-hydrogen) atoms. The molecule has 1 aromatic heterocycles. The molecule has 1 saturated heterocycles. The molecule has 7 heteroatoms. The van der Waals surface area contributed by atoms with Crippen molar-refractivity contribution in [2.75, 3.05) is 24.6 Å². The molecule has 1 atom stereocenters. The number of ether oxygens (including phenoxy) is 1. The van der Waals surface area contributed by atoms with Crippen molar-refractivity contribution >= 4 is 21.6 Å². The van der Waals surface area contributed by atoms with E-state index in [1.165, 1.54) is 16.8 Å². The fourth-order valence-electron chi connectivity index (χ4n) is 2.47. The molecule has 0 aliphatic carbocycles. The lowest BCUT2D eigenvalue weighted by Crippen LogP contribution is -2.39. The van der Waals surface area contributed by atoms with E-state index in [1.807, 2.05) is 0 Å². The first-order chi connectivity index (χ1) is 10.6. The number of aryl methyl sites for hydroxylation is 1. The van der Waals surface area contributed by atoms with Gasteiger partial charge in [0.15, 0.2) is 0 Å². The monoisotopic (exact) mass is 367 g/mol. The summed E-state index contributed by atoms with van der Waals surface area (Å²) < 4.78 is 20.6. The molecule has 0 bridgehead atoms. The van der Waals surface area contributed by atoms with Gasteiger partial charge in [-0.1, -0.05) is 12.1 Å². The van der Waals surface area contributed by atoms with Crippen LogP contribution in [0.4, 0.5) is 10.1 Å². The molecule has 1 fully saturated rings. The van der Waals surface area contributed by atoms with E-state index < -0.39 is 0 Å². The molecule has 1 aliphatic heterocycles. The van der Waals surface area contributed by atoms with Gasteiger partial charge in [0.05, 0.1) is 18.5 Å². The van der Waals surface area contributed by atoms with Crippen molar-refractivity contribution in [2.45, 2.75) is 6.10 Å². The van der Waals surface area contributed by atoms with Gasteiger partial charge in [-0.3, -0.25) is 4.79 Å². The lowest BCUT2D eigenvalue weighted by Gasteiger charge is -2.34. The van der Waals surface area contributed by atoms with E-state index in [9.17, 15) is 9.18 Å². The highest BCUT2D eigenvalue weighted by atomic mass is 79.9. The van der Waals surface area contributed by atoms with Crippen molar-refractivity contribution in [3.8, 4) is 0 Å². The van der Waals surface area contributed by atoms with Crippen LogP contribution in [0.3, 0.4) is 0 Å². The van der Waals surface area contributed by atoms with Crippen LogP contribution < -0.4 is 10.5 Å². The summed E-state index contributed by atoms with van der Waals surface area (Å²) in [5.41, 5.74) is 1.49. The normalized spacial score (nSPS) is 18.5. The predicted molar refractivity (Wildman–Crippen MR) is 84.5 cm³/mol. The summed E-state index contributed by atoms with van der Waals surface area (Å²) in [7, 11) is 1.61. The minimum atomic E-state index is -0.269. The molecule has 2 aromatic rings. The average Bonchev–Trinajstić information content (AvgIpc) is 2.54. The topological polar surface area (TPSA) is 47.4 Å². The van der Waals surface area contributed by atoms with Crippen LogP contribution >= 0.6 is 15.9 Å². The zero-order chi connectivity index (χ0) is 15.7. The van der Waals surface area contributed by atoms with E-state index >= 15 is 0 Å². The molecule has 2 heterocycles. The molecule has 0 spiro atoms. The van der Waals surface area contributed by atoms with Crippen molar-refractivity contribution in [3.63, 3.8) is 0 Å². The number of nitrogens with zero attached hydrogens (tertiary/aromatic N) is 3. The van der Waals surface area contributed by atoms with Gasteiger partial charge in [-0.25, -0.2) is 9.07 Å². The van der Waals surface area contributed by atoms with E-state index in [1.54, 1.807) is 25.4 Å². The Kier molecular flexibility index (Phi) is 4.26. The van der Waals surface area contributed by atoms with Crippen LogP contribution in [0.5, 0.6) is 0 Å². The number of hydrogen-bond donors (Lipinski definition) is 0. The molecular weight excluding hydrogens is 353 g/mol. The number of hydrogen-bond acceptors (Lipinski definition) is 4. The minimum Gasteiger partial charge on any atom is -0.370 e. The van der Waals surface area contributed by atoms with E-state index in [4.69, 9.17) is 4.74 Å². The molecule has 0 saturated carbocycles. The Hall–Kier alpha value is -1.73. The van der Waals surface area contributed by atoms with Gasteiger partial charge in [0.25, 0.3) is 5.56 Å². The summed E-state index contributed by atoms with van der Waals surface area (Å²) >= 11 is 3.35. The first-order valence-corrected chi connectivity index (χ1v) is 7.69. The predicted octanol–water partition coefficient (Wildman–Crippen LogP) is 2.26. The Labute approximate surface area is 135 Å². The van der Waals surface area contributed by atoms with Gasteiger partial charge in [0.1, 0.15) is 16.4 Å². The Morgan fingerprint density at radius 3 is 2.82 bits per heavy atom. The third-order valence-electron chi connectivity index (χ3n) is 3.71. The molecule has 0 N–H and O–H groups in total. The van der Waals surface area contributed by atoms with Crippen LogP contribution in [-0.4, -0.2) is 29.5 Å². The standard InChI is InChI=1S/C15H15BrFN3O2/c1-19-15(21)14(16)12(8-18-19)20-6-7-22-13(9-20)10-2-4-11(17)5-3-10/h2-5,8,13H,6-7,9H2,1H3. The second-order valence-corrected chi connectivity index (χ2v) is 5.92. The molecule has 0 radical (unpaired) electrons. The SMILES string of the molecule is Cn1ncc(N2CCOC(c3ccc(F)cc3)C2)c(Br)c1=O. The zero-order valence-corrected chi connectivity index (χ0v) is 13.6. The maximum Gasteiger partial charge on any atom is 0.282 e. The highest BCUT2D eigenvalue weighted by Gasteiger charge is 2.24. The van der Waals surface area contributed by atoms with Crippen LogP contribution in [0.15, 0.2) is 39.7 Å². The summed E-state index contributed by atoms with van der Waals surface area (Å²) in [6.07, 6.45) is 1.50. The number of benzene rings is 1. The quantitative estimate of drug-likeness (QED) is 0.816. The van der Waals surface area contributed by atoms with Gasteiger partial charge in [0, 0.05) is 20.1 Å². The molecule has 1 aliphatic rings. The van der Waals surface area contributed by atoms with Crippen LogP contribution in [0, 0.1) is 5.82 Å². The Morgan fingerprint density at radius 2 is 2.09 bits per heavy atom. The lowest BCUT2D eigenvalue weighted by atomic mass is 10.1. The summed E-state index contributed by atoms with van der Waals surface area (Å²) in [6.45, 7) is 1.79. The molecule has 116 valence electrons. The molecule has 1 unspecified atom stereocenters. The fraction of sp³-hybridized carbons (Fsp3) is 0.333. The van der Waals surface area contributed by atoms with Crippen molar-refractivity contribution in [1.82, 2.24) is 9.78 Å². The number of rotatable bonds is 2. The van der Waals surface area contributed by atoms with Crippen molar-refractivity contribution in [3.05, 3.63) is 56.7 Å². The summed E-state index contributed by atoms with van der Waals surface area (Å²) in [6, 6.07) is 6.29. The highest BCUT2D eigenvalue weighted by Crippen LogP contribution is 2.28. The summed E-state index contributed by atoms with van der Waals surface area (Å²) in [5.74, 6) is -0.269. The number of halogens is 2. The highest BCUT2D eigenvalue weighted by molar-refractivity contribution is 9.10. The first-order valence-electron chi connectivity index (χ1n) is 6.90. The van der Waals surface area contributed by atoms with Gasteiger partial charge < -0.3 is 9.64 Å². The average molecular weight is 368 g/mol. The molecule has 3 rings (SSSR count). The van der Waals surface area contributed by atoms with Crippen molar-refractivity contribution in [1.29, 1.82) is 0 Å². The molecule has 1 aromatic carbocycles. The maximum absolute atomic E-state index is 13.0. The van der Waals surface area contributed by atoms with Gasteiger partial charge in [0.2, 0.25) is 0 Å². The number of morpholine rings is 1. The van der Waals surface area contributed by atoms with Gasteiger partial charge in [-0.2, -0.15) is 5.10 Å². The Morgan fingerprint density at radius 1 is 1.36 bits per heavy atom. The van der Waals surface area contributed by atoms with Crippen LogP contribution in [-0.2, 0) is 11.8 Å². The van der Waals surface area contributed by atoms with Crippen LogP contribution in [0.2, 0.25) is 0 Å². The molecule has 0 amide bonds. The third kappa shape index (κ3) is 2.91. The first kappa shape index (κ1) is 15.2. The second kappa shape index (κ2) is 6.18.